The first-order chi connectivity index (χ1) is 14.1. The first kappa shape index (κ1) is 20.2. The highest BCUT2D eigenvalue weighted by atomic mass is 79.9. The van der Waals surface area contributed by atoms with Gasteiger partial charge in [0.1, 0.15) is 0 Å². The number of amides is 2. The third-order valence-corrected chi connectivity index (χ3v) is 7.41. The summed E-state index contributed by atoms with van der Waals surface area (Å²) in [6.45, 7) is 1.20. The zero-order chi connectivity index (χ0) is 20.2. The van der Waals surface area contributed by atoms with Gasteiger partial charge >= 0.3 is 0 Å². The van der Waals surface area contributed by atoms with Crippen LogP contribution in [0.15, 0.2) is 69.3 Å². The molecule has 1 N–H and O–H groups in total. The summed E-state index contributed by atoms with van der Waals surface area (Å²) in [6, 6.07) is 19.4. The van der Waals surface area contributed by atoms with Gasteiger partial charge in [-0.1, -0.05) is 30.3 Å². The average Bonchev–Trinajstić information content (AvgIpc) is 3.36. The van der Waals surface area contributed by atoms with Gasteiger partial charge in [0.05, 0.1) is 21.6 Å². The second-order valence-electron chi connectivity index (χ2n) is 6.60. The molecule has 0 unspecified atom stereocenters. The molecule has 0 saturated heterocycles. The van der Waals surface area contributed by atoms with Crippen LogP contribution in [-0.4, -0.2) is 24.1 Å². The third kappa shape index (κ3) is 4.74. The Hall–Kier alpha value is -2.09. The fraction of sp³-hybridized carbons (Fsp3) is 0.182. The van der Waals surface area contributed by atoms with Crippen LogP contribution < -0.4 is 10.2 Å². The Morgan fingerprint density at radius 3 is 2.69 bits per heavy atom. The molecule has 29 heavy (non-hydrogen) atoms. The van der Waals surface area contributed by atoms with E-state index in [2.05, 4.69) is 27.3 Å². The number of carbonyl (C=O) groups is 2. The molecule has 1 aliphatic rings. The van der Waals surface area contributed by atoms with Crippen LogP contribution in [0, 0.1) is 0 Å². The molecule has 2 heterocycles. The molecule has 0 spiro atoms. The standard InChI is InChI=1S/C22H19BrN2O2S2/c23-20-10-9-16(29-20)13-24-22(27)17-6-2-4-8-19(17)28-14-21(26)25-12-11-15-5-1-3-7-18(15)25/h1-10H,11-14H2,(H,24,27). The van der Waals surface area contributed by atoms with Gasteiger partial charge < -0.3 is 10.2 Å². The first-order valence-corrected chi connectivity index (χ1v) is 11.8. The number of hydrogen-bond donors (Lipinski definition) is 1. The van der Waals surface area contributed by atoms with Crippen LogP contribution in [-0.2, 0) is 17.8 Å². The van der Waals surface area contributed by atoms with Crippen LogP contribution >= 0.6 is 39.0 Å². The second-order valence-corrected chi connectivity index (χ2v) is 10.2. The number of benzene rings is 2. The molecule has 1 aromatic heterocycles. The number of para-hydroxylation sites is 1. The highest BCUT2D eigenvalue weighted by Crippen LogP contribution is 2.30. The predicted octanol–water partition coefficient (Wildman–Crippen LogP) is 5.12. The Labute approximate surface area is 186 Å². The molecule has 1 aliphatic heterocycles. The minimum absolute atomic E-state index is 0.0681. The van der Waals surface area contributed by atoms with Crippen molar-refractivity contribution in [1.82, 2.24) is 5.32 Å². The summed E-state index contributed by atoms with van der Waals surface area (Å²) < 4.78 is 1.04. The lowest BCUT2D eigenvalue weighted by Gasteiger charge is -2.17. The van der Waals surface area contributed by atoms with Crippen molar-refractivity contribution >= 4 is 56.5 Å². The van der Waals surface area contributed by atoms with Crippen molar-refractivity contribution in [3.05, 3.63) is 80.5 Å². The molecule has 4 nitrogen and oxygen atoms in total. The summed E-state index contributed by atoms with van der Waals surface area (Å²) in [5, 5.41) is 2.97. The van der Waals surface area contributed by atoms with Gasteiger partial charge in [-0.2, -0.15) is 0 Å². The topological polar surface area (TPSA) is 49.4 Å². The number of anilines is 1. The van der Waals surface area contributed by atoms with E-state index in [-0.39, 0.29) is 11.8 Å². The van der Waals surface area contributed by atoms with Crippen molar-refractivity contribution in [3.63, 3.8) is 0 Å². The molecule has 0 saturated carbocycles. The zero-order valence-corrected chi connectivity index (χ0v) is 18.8. The van der Waals surface area contributed by atoms with Crippen molar-refractivity contribution in [2.75, 3.05) is 17.2 Å². The van der Waals surface area contributed by atoms with Crippen LogP contribution in [0.25, 0.3) is 0 Å². The minimum Gasteiger partial charge on any atom is -0.347 e. The molecule has 0 atom stereocenters. The first-order valence-electron chi connectivity index (χ1n) is 9.24. The summed E-state index contributed by atoms with van der Waals surface area (Å²) >= 11 is 6.45. The predicted molar refractivity (Wildman–Crippen MR) is 123 cm³/mol. The molecule has 0 aliphatic carbocycles. The summed E-state index contributed by atoms with van der Waals surface area (Å²) in [6.07, 6.45) is 0.893. The molecule has 0 radical (unpaired) electrons. The van der Waals surface area contributed by atoms with Crippen molar-refractivity contribution in [2.24, 2.45) is 0 Å². The number of halogens is 1. The fourth-order valence-electron chi connectivity index (χ4n) is 3.30. The van der Waals surface area contributed by atoms with Crippen molar-refractivity contribution in [3.8, 4) is 0 Å². The minimum atomic E-state index is -0.128. The molecule has 0 bridgehead atoms. The number of thiophene rings is 1. The van der Waals surface area contributed by atoms with Crippen molar-refractivity contribution < 1.29 is 9.59 Å². The smallest absolute Gasteiger partial charge is 0.252 e. The normalized spacial score (nSPS) is 12.7. The molecular weight excluding hydrogens is 468 g/mol. The van der Waals surface area contributed by atoms with E-state index in [4.69, 9.17) is 0 Å². The number of hydrogen-bond acceptors (Lipinski definition) is 4. The number of rotatable bonds is 6. The quantitative estimate of drug-likeness (QED) is 0.491. The molecule has 2 amide bonds. The highest BCUT2D eigenvalue weighted by Gasteiger charge is 2.24. The van der Waals surface area contributed by atoms with E-state index in [0.29, 0.717) is 17.9 Å². The van der Waals surface area contributed by atoms with E-state index in [1.807, 2.05) is 53.4 Å². The summed E-state index contributed by atoms with van der Waals surface area (Å²) in [4.78, 5) is 29.2. The monoisotopic (exact) mass is 486 g/mol. The van der Waals surface area contributed by atoms with Crippen molar-refractivity contribution in [1.29, 1.82) is 0 Å². The van der Waals surface area contributed by atoms with E-state index < -0.39 is 0 Å². The Balaban J connectivity index is 1.39. The Bertz CT molecular complexity index is 1050. The molecule has 4 rings (SSSR count). The Morgan fingerprint density at radius 1 is 1.07 bits per heavy atom. The van der Waals surface area contributed by atoms with Crippen molar-refractivity contribution in [2.45, 2.75) is 17.9 Å². The van der Waals surface area contributed by atoms with Gasteiger partial charge in [-0.25, -0.2) is 0 Å². The molecular formula is C22H19BrN2O2S2. The molecule has 148 valence electrons. The average molecular weight is 487 g/mol. The van der Waals surface area contributed by atoms with Gasteiger partial charge in [0, 0.05) is 22.0 Å². The third-order valence-electron chi connectivity index (χ3n) is 4.72. The highest BCUT2D eigenvalue weighted by molar-refractivity contribution is 9.11. The van der Waals surface area contributed by atoms with Crippen LogP contribution in [0.3, 0.4) is 0 Å². The summed E-state index contributed by atoms with van der Waals surface area (Å²) in [7, 11) is 0. The van der Waals surface area contributed by atoms with Gasteiger partial charge in [-0.3, -0.25) is 9.59 Å². The van der Waals surface area contributed by atoms with E-state index in [1.54, 1.807) is 17.4 Å². The Kier molecular flexibility index (Phi) is 6.37. The maximum atomic E-state index is 12.8. The van der Waals surface area contributed by atoms with E-state index in [1.165, 1.54) is 17.3 Å². The van der Waals surface area contributed by atoms with Gasteiger partial charge in [0.15, 0.2) is 0 Å². The van der Waals surface area contributed by atoms with E-state index in [9.17, 15) is 9.59 Å². The van der Waals surface area contributed by atoms with Crippen LogP contribution in [0.5, 0.6) is 0 Å². The fourth-order valence-corrected chi connectivity index (χ4v) is 5.65. The van der Waals surface area contributed by atoms with Crippen LogP contribution in [0.1, 0.15) is 20.8 Å². The number of fused-ring (bicyclic) bond motifs is 1. The lowest BCUT2D eigenvalue weighted by molar-refractivity contribution is -0.116. The van der Waals surface area contributed by atoms with E-state index >= 15 is 0 Å². The SMILES string of the molecule is O=C(NCc1ccc(Br)s1)c1ccccc1SCC(=O)N1CCc2ccccc21. The van der Waals surface area contributed by atoms with Gasteiger partial charge in [0.25, 0.3) is 5.91 Å². The number of thioether (sulfide) groups is 1. The molecule has 0 fully saturated rings. The lowest BCUT2D eigenvalue weighted by atomic mass is 10.2. The maximum Gasteiger partial charge on any atom is 0.252 e. The number of nitrogens with zero attached hydrogens (tertiary/aromatic N) is 1. The maximum absolute atomic E-state index is 12.8. The molecule has 2 aromatic carbocycles. The van der Waals surface area contributed by atoms with E-state index in [0.717, 1.165) is 32.2 Å². The lowest BCUT2D eigenvalue weighted by Crippen LogP contribution is -2.30. The van der Waals surface area contributed by atoms with Gasteiger partial charge in [0.2, 0.25) is 5.91 Å². The number of nitrogens with one attached hydrogen (secondary N) is 1. The van der Waals surface area contributed by atoms with Gasteiger partial charge in [-0.05, 0) is 58.2 Å². The second kappa shape index (κ2) is 9.15. The zero-order valence-electron chi connectivity index (χ0n) is 15.6. The van der Waals surface area contributed by atoms with Gasteiger partial charge in [-0.15, -0.1) is 23.1 Å². The summed E-state index contributed by atoms with van der Waals surface area (Å²) in [5.41, 5.74) is 2.82. The molecule has 7 heteroatoms. The largest absolute Gasteiger partial charge is 0.347 e. The van der Waals surface area contributed by atoms with Crippen LogP contribution in [0.4, 0.5) is 5.69 Å². The van der Waals surface area contributed by atoms with Crippen LogP contribution in [0.2, 0.25) is 0 Å². The number of carbonyl (C=O) groups excluding carboxylic acids is 2. The summed E-state index contributed by atoms with van der Waals surface area (Å²) in [5.74, 6) is 0.242. The molecule has 3 aromatic rings. The Morgan fingerprint density at radius 2 is 1.86 bits per heavy atom.